The number of morpholine rings is 1. The van der Waals surface area contributed by atoms with Crippen molar-refractivity contribution in [1.29, 1.82) is 0 Å². The van der Waals surface area contributed by atoms with Crippen LogP contribution in [0.2, 0.25) is 0 Å². The molecule has 2 rings (SSSR count). The molecule has 2 heterocycles. The van der Waals surface area contributed by atoms with Crippen molar-refractivity contribution in [2.24, 2.45) is 0 Å². The van der Waals surface area contributed by atoms with Gasteiger partial charge in [0.05, 0.1) is 25.1 Å². The second kappa shape index (κ2) is 4.49. The van der Waals surface area contributed by atoms with Crippen molar-refractivity contribution in [3.63, 3.8) is 0 Å². The molecule has 1 aromatic rings. The standard InChI is InChI=1S/C11H17N3O/c1-9-7-10(12-2)8-13-11(9)14-3-5-15-6-4-14/h7-8,12H,3-6H2,1-2H3. The normalized spacial score (nSPS) is 16.5. The summed E-state index contributed by atoms with van der Waals surface area (Å²) in [5.41, 5.74) is 2.27. The summed E-state index contributed by atoms with van der Waals surface area (Å²) >= 11 is 0. The second-order valence-corrected chi connectivity index (χ2v) is 3.71. The molecule has 1 N–H and O–H groups in total. The topological polar surface area (TPSA) is 37.4 Å². The van der Waals surface area contributed by atoms with Crippen molar-refractivity contribution >= 4 is 11.5 Å². The highest BCUT2D eigenvalue weighted by Crippen LogP contribution is 2.20. The Morgan fingerprint density at radius 1 is 1.40 bits per heavy atom. The Hall–Kier alpha value is -1.29. The molecule has 1 aliphatic rings. The van der Waals surface area contributed by atoms with Crippen molar-refractivity contribution in [3.8, 4) is 0 Å². The molecule has 4 nitrogen and oxygen atoms in total. The molecule has 0 aromatic carbocycles. The first-order chi connectivity index (χ1) is 7.31. The average molecular weight is 207 g/mol. The molecule has 1 saturated heterocycles. The largest absolute Gasteiger partial charge is 0.387 e. The number of anilines is 2. The number of aryl methyl sites for hydroxylation is 1. The zero-order valence-electron chi connectivity index (χ0n) is 9.29. The Kier molecular flexibility index (Phi) is 3.06. The molecule has 15 heavy (non-hydrogen) atoms. The predicted octanol–water partition coefficient (Wildman–Crippen LogP) is 1.27. The van der Waals surface area contributed by atoms with Gasteiger partial charge in [-0.05, 0) is 18.6 Å². The van der Waals surface area contributed by atoms with Gasteiger partial charge in [-0.15, -0.1) is 0 Å². The molecule has 0 bridgehead atoms. The van der Waals surface area contributed by atoms with Crippen LogP contribution in [0, 0.1) is 6.92 Å². The van der Waals surface area contributed by atoms with Gasteiger partial charge in [0.15, 0.2) is 0 Å². The van der Waals surface area contributed by atoms with Gasteiger partial charge in [0.1, 0.15) is 5.82 Å². The molecule has 0 spiro atoms. The lowest BCUT2D eigenvalue weighted by atomic mass is 10.2. The van der Waals surface area contributed by atoms with Crippen molar-refractivity contribution in [1.82, 2.24) is 4.98 Å². The van der Waals surface area contributed by atoms with Gasteiger partial charge in [-0.3, -0.25) is 0 Å². The Morgan fingerprint density at radius 3 is 2.73 bits per heavy atom. The molecule has 0 saturated carbocycles. The van der Waals surface area contributed by atoms with E-state index >= 15 is 0 Å². The Morgan fingerprint density at radius 2 is 2.13 bits per heavy atom. The van der Waals surface area contributed by atoms with E-state index in [0.29, 0.717) is 0 Å². The minimum absolute atomic E-state index is 0.800. The van der Waals surface area contributed by atoms with Gasteiger partial charge in [0, 0.05) is 20.1 Å². The van der Waals surface area contributed by atoms with Gasteiger partial charge in [-0.25, -0.2) is 4.98 Å². The number of aromatic nitrogens is 1. The third-order valence-electron chi connectivity index (χ3n) is 2.65. The monoisotopic (exact) mass is 207 g/mol. The van der Waals surface area contributed by atoms with Crippen LogP contribution in [-0.2, 0) is 4.74 Å². The zero-order chi connectivity index (χ0) is 10.7. The minimum Gasteiger partial charge on any atom is -0.387 e. The average Bonchev–Trinajstić information content (AvgIpc) is 2.30. The van der Waals surface area contributed by atoms with Gasteiger partial charge >= 0.3 is 0 Å². The van der Waals surface area contributed by atoms with Gasteiger partial charge in [-0.1, -0.05) is 0 Å². The molecule has 0 radical (unpaired) electrons. The third-order valence-corrected chi connectivity index (χ3v) is 2.65. The fraction of sp³-hybridized carbons (Fsp3) is 0.545. The number of hydrogen-bond donors (Lipinski definition) is 1. The van der Waals surface area contributed by atoms with Gasteiger partial charge in [0.25, 0.3) is 0 Å². The number of nitrogens with zero attached hydrogens (tertiary/aromatic N) is 2. The second-order valence-electron chi connectivity index (χ2n) is 3.71. The number of pyridine rings is 1. The number of nitrogens with one attached hydrogen (secondary N) is 1. The summed E-state index contributed by atoms with van der Waals surface area (Å²) in [5.74, 6) is 1.08. The number of ether oxygens (including phenoxy) is 1. The van der Waals surface area contributed by atoms with Crippen molar-refractivity contribution < 1.29 is 4.74 Å². The van der Waals surface area contributed by atoms with Gasteiger partial charge < -0.3 is 15.0 Å². The van der Waals surface area contributed by atoms with Crippen LogP contribution in [-0.4, -0.2) is 38.3 Å². The molecular weight excluding hydrogens is 190 g/mol. The van der Waals surface area contributed by atoms with Crippen LogP contribution >= 0.6 is 0 Å². The van der Waals surface area contributed by atoms with Crippen LogP contribution in [0.25, 0.3) is 0 Å². The molecule has 1 aromatic heterocycles. The Bertz CT molecular complexity index is 335. The maximum absolute atomic E-state index is 5.32. The third kappa shape index (κ3) is 2.21. The molecule has 4 heteroatoms. The molecule has 0 atom stereocenters. The summed E-state index contributed by atoms with van der Waals surface area (Å²) in [6, 6.07) is 2.12. The summed E-state index contributed by atoms with van der Waals surface area (Å²) in [6.45, 7) is 5.57. The summed E-state index contributed by atoms with van der Waals surface area (Å²) in [4.78, 5) is 6.76. The van der Waals surface area contributed by atoms with Crippen LogP contribution in [0.1, 0.15) is 5.56 Å². The van der Waals surface area contributed by atoms with Gasteiger partial charge in [0.2, 0.25) is 0 Å². The minimum atomic E-state index is 0.800. The maximum Gasteiger partial charge on any atom is 0.131 e. The van der Waals surface area contributed by atoms with E-state index in [1.165, 1.54) is 5.56 Å². The molecule has 82 valence electrons. The highest BCUT2D eigenvalue weighted by Gasteiger charge is 2.14. The van der Waals surface area contributed by atoms with Crippen LogP contribution in [0.3, 0.4) is 0 Å². The lowest BCUT2D eigenvalue weighted by Crippen LogP contribution is -2.37. The summed E-state index contributed by atoms with van der Waals surface area (Å²) in [6.07, 6.45) is 1.87. The highest BCUT2D eigenvalue weighted by molar-refractivity contribution is 5.54. The first-order valence-electron chi connectivity index (χ1n) is 5.28. The highest BCUT2D eigenvalue weighted by atomic mass is 16.5. The molecular formula is C11H17N3O. The molecule has 0 amide bonds. The lowest BCUT2D eigenvalue weighted by molar-refractivity contribution is 0.122. The van der Waals surface area contributed by atoms with Crippen LogP contribution < -0.4 is 10.2 Å². The van der Waals surface area contributed by atoms with E-state index in [1.54, 1.807) is 0 Å². The van der Waals surface area contributed by atoms with E-state index in [4.69, 9.17) is 4.74 Å². The molecule has 0 unspecified atom stereocenters. The fourth-order valence-corrected chi connectivity index (χ4v) is 1.81. The van der Waals surface area contributed by atoms with E-state index < -0.39 is 0 Å². The summed E-state index contributed by atoms with van der Waals surface area (Å²) in [7, 11) is 1.91. The molecule has 0 aliphatic carbocycles. The fourth-order valence-electron chi connectivity index (χ4n) is 1.81. The van der Waals surface area contributed by atoms with Crippen LogP contribution in [0.15, 0.2) is 12.3 Å². The molecule has 1 fully saturated rings. The quantitative estimate of drug-likeness (QED) is 0.792. The van der Waals surface area contributed by atoms with E-state index in [1.807, 2.05) is 13.2 Å². The smallest absolute Gasteiger partial charge is 0.131 e. The Balaban J connectivity index is 2.19. The first kappa shape index (κ1) is 10.2. The van der Waals surface area contributed by atoms with E-state index in [2.05, 4.69) is 28.2 Å². The van der Waals surface area contributed by atoms with Gasteiger partial charge in [-0.2, -0.15) is 0 Å². The van der Waals surface area contributed by atoms with E-state index in [9.17, 15) is 0 Å². The number of hydrogen-bond acceptors (Lipinski definition) is 4. The molecule has 1 aliphatic heterocycles. The van der Waals surface area contributed by atoms with Crippen molar-refractivity contribution in [3.05, 3.63) is 17.8 Å². The maximum atomic E-state index is 5.32. The van der Waals surface area contributed by atoms with Crippen molar-refractivity contribution in [2.45, 2.75) is 6.92 Å². The lowest BCUT2D eigenvalue weighted by Gasteiger charge is -2.29. The summed E-state index contributed by atoms with van der Waals surface area (Å²) < 4.78 is 5.32. The van der Waals surface area contributed by atoms with Crippen molar-refractivity contribution in [2.75, 3.05) is 43.6 Å². The summed E-state index contributed by atoms with van der Waals surface area (Å²) in [5, 5.41) is 3.09. The first-order valence-corrected chi connectivity index (χ1v) is 5.28. The van der Waals surface area contributed by atoms with Crippen LogP contribution in [0.5, 0.6) is 0 Å². The predicted molar refractivity (Wildman–Crippen MR) is 61.6 cm³/mol. The Labute approximate surface area is 90.3 Å². The van der Waals surface area contributed by atoms with Crippen LogP contribution in [0.4, 0.5) is 11.5 Å². The SMILES string of the molecule is CNc1cnc(N2CCOCC2)c(C)c1. The number of rotatable bonds is 2. The zero-order valence-corrected chi connectivity index (χ0v) is 9.29. The van der Waals surface area contributed by atoms with E-state index in [-0.39, 0.29) is 0 Å². The van der Waals surface area contributed by atoms with E-state index in [0.717, 1.165) is 37.8 Å².